The molecule has 98 valence electrons. The molecule has 0 saturated carbocycles. The van der Waals surface area contributed by atoms with E-state index in [1.54, 1.807) is 0 Å². The van der Waals surface area contributed by atoms with Gasteiger partial charge in [0.1, 0.15) is 5.60 Å². The zero-order valence-corrected chi connectivity index (χ0v) is 10.7. The number of nitrogens with zero attached hydrogens (tertiary/aromatic N) is 1. The molecule has 0 aromatic heterocycles. The quantitative estimate of drug-likeness (QED) is 0.740. The molecule has 2 bridgehead atoms. The van der Waals surface area contributed by atoms with Crippen LogP contribution >= 0.6 is 0 Å². The summed E-state index contributed by atoms with van der Waals surface area (Å²) >= 11 is 0. The third kappa shape index (κ3) is 2.24. The Bertz CT molecular complexity index is 287. The summed E-state index contributed by atoms with van der Waals surface area (Å²) in [5, 5.41) is 14.1. The van der Waals surface area contributed by atoms with Gasteiger partial charge in [-0.25, -0.2) is 0 Å². The molecular weight excluding hydrogens is 216 g/mol. The van der Waals surface area contributed by atoms with Gasteiger partial charge in [-0.1, -0.05) is 0 Å². The fourth-order valence-electron chi connectivity index (χ4n) is 3.53. The largest absolute Gasteiger partial charge is 0.386 e. The molecule has 0 radical (unpaired) electrons. The van der Waals surface area contributed by atoms with Gasteiger partial charge in [0.25, 0.3) is 0 Å². The normalized spacial score (nSPS) is 49.8. The Morgan fingerprint density at radius 1 is 1.41 bits per heavy atom. The molecule has 3 aliphatic heterocycles. The first-order valence-electron chi connectivity index (χ1n) is 6.97. The minimum Gasteiger partial charge on any atom is -0.386 e. The van der Waals surface area contributed by atoms with Crippen LogP contribution in [0, 0.1) is 5.92 Å². The summed E-state index contributed by atoms with van der Waals surface area (Å²) in [5.74, 6) is 0.796. The maximum Gasteiger partial charge on any atom is 0.105 e. The fourth-order valence-corrected chi connectivity index (χ4v) is 3.53. The Morgan fingerprint density at radius 3 is 3.00 bits per heavy atom. The summed E-state index contributed by atoms with van der Waals surface area (Å²) in [6, 6.07) is 0.602. The van der Waals surface area contributed by atoms with Crippen molar-refractivity contribution in [1.29, 1.82) is 0 Å². The van der Waals surface area contributed by atoms with Gasteiger partial charge in [0.15, 0.2) is 0 Å². The SMILES string of the molecule is CC1OCCC1(O)CNC1CCN2CCC1C2. The van der Waals surface area contributed by atoms with Gasteiger partial charge < -0.3 is 20.1 Å². The summed E-state index contributed by atoms with van der Waals surface area (Å²) in [6.45, 7) is 7.11. The standard InChI is InChI=1S/C13H24N2O2/c1-10-13(16,4-7-17-10)9-14-12-3-6-15-5-2-11(12)8-15/h10-12,14,16H,2-9H2,1H3. The molecule has 3 heterocycles. The summed E-state index contributed by atoms with van der Waals surface area (Å²) in [7, 11) is 0. The van der Waals surface area contributed by atoms with Crippen LogP contribution in [0.5, 0.6) is 0 Å². The van der Waals surface area contributed by atoms with Gasteiger partial charge in [0, 0.05) is 32.2 Å². The third-order valence-corrected chi connectivity index (χ3v) is 4.96. The van der Waals surface area contributed by atoms with E-state index in [1.165, 1.54) is 32.5 Å². The summed E-state index contributed by atoms with van der Waals surface area (Å²) in [5.41, 5.74) is -0.643. The van der Waals surface area contributed by atoms with Gasteiger partial charge >= 0.3 is 0 Å². The zero-order chi connectivity index (χ0) is 11.9. The average Bonchev–Trinajstić information content (AvgIpc) is 2.85. The zero-order valence-electron chi connectivity index (χ0n) is 10.7. The Labute approximate surface area is 103 Å². The molecule has 0 aromatic carbocycles. The van der Waals surface area contributed by atoms with Gasteiger partial charge in [-0.05, 0) is 38.8 Å². The van der Waals surface area contributed by atoms with E-state index in [0.29, 0.717) is 19.2 Å². The van der Waals surface area contributed by atoms with Gasteiger partial charge in [-0.3, -0.25) is 0 Å². The second kappa shape index (κ2) is 4.50. The van der Waals surface area contributed by atoms with Crippen molar-refractivity contribution in [2.45, 2.75) is 43.9 Å². The Hall–Kier alpha value is -0.160. The molecule has 4 heteroatoms. The van der Waals surface area contributed by atoms with Crippen LogP contribution < -0.4 is 5.32 Å². The number of fused-ring (bicyclic) bond motifs is 2. The fraction of sp³-hybridized carbons (Fsp3) is 1.00. The summed E-state index contributed by atoms with van der Waals surface area (Å²) in [4.78, 5) is 2.55. The molecule has 4 nitrogen and oxygen atoms in total. The Balaban J connectivity index is 1.53. The van der Waals surface area contributed by atoms with Crippen molar-refractivity contribution in [3.63, 3.8) is 0 Å². The van der Waals surface area contributed by atoms with Crippen molar-refractivity contribution in [2.75, 3.05) is 32.8 Å². The van der Waals surface area contributed by atoms with Crippen LogP contribution in [-0.4, -0.2) is 60.5 Å². The van der Waals surface area contributed by atoms with Crippen LogP contribution in [0.1, 0.15) is 26.2 Å². The van der Waals surface area contributed by atoms with Crippen molar-refractivity contribution in [2.24, 2.45) is 5.92 Å². The van der Waals surface area contributed by atoms with E-state index in [2.05, 4.69) is 10.2 Å². The van der Waals surface area contributed by atoms with E-state index in [1.807, 2.05) is 6.92 Å². The van der Waals surface area contributed by atoms with E-state index in [0.717, 1.165) is 12.3 Å². The molecule has 3 rings (SSSR count). The van der Waals surface area contributed by atoms with Crippen LogP contribution in [0.25, 0.3) is 0 Å². The highest BCUT2D eigenvalue weighted by molar-refractivity contribution is 4.96. The lowest BCUT2D eigenvalue weighted by Crippen LogP contribution is -2.52. The number of ether oxygens (including phenoxy) is 1. The molecule has 5 unspecified atom stereocenters. The molecule has 0 amide bonds. The highest BCUT2D eigenvalue weighted by atomic mass is 16.5. The topological polar surface area (TPSA) is 44.7 Å². The first-order chi connectivity index (χ1) is 8.17. The van der Waals surface area contributed by atoms with Crippen LogP contribution in [0.3, 0.4) is 0 Å². The minimum atomic E-state index is -0.643. The highest BCUT2D eigenvalue weighted by Crippen LogP contribution is 2.29. The van der Waals surface area contributed by atoms with E-state index in [9.17, 15) is 5.11 Å². The average molecular weight is 240 g/mol. The number of piperidine rings is 1. The van der Waals surface area contributed by atoms with E-state index in [-0.39, 0.29) is 6.10 Å². The molecule has 2 N–H and O–H groups in total. The monoisotopic (exact) mass is 240 g/mol. The van der Waals surface area contributed by atoms with Gasteiger partial charge in [0.05, 0.1) is 6.10 Å². The molecule has 3 aliphatic rings. The smallest absolute Gasteiger partial charge is 0.105 e. The Morgan fingerprint density at radius 2 is 2.24 bits per heavy atom. The summed E-state index contributed by atoms with van der Waals surface area (Å²) < 4.78 is 5.47. The van der Waals surface area contributed by atoms with Crippen molar-refractivity contribution >= 4 is 0 Å². The van der Waals surface area contributed by atoms with Crippen LogP contribution in [0.15, 0.2) is 0 Å². The van der Waals surface area contributed by atoms with Crippen LogP contribution in [0.2, 0.25) is 0 Å². The molecule has 3 fully saturated rings. The lowest BCUT2D eigenvalue weighted by molar-refractivity contribution is -0.0294. The lowest BCUT2D eigenvalue weighted by atomic mass is 9.91. The van der Waals surface area contributed by atoms with Crippen molar-refractivity contribution < 1.29 is 9.84 Å². The number of hydrogen-bond acceptors (Lipinski definition) is 4. The first kappa shape index (κ1) is 11.9. The molecule has 0 aliphatic carbocycles. The molecule has 17 heavy (non-hydrogen) atoms. The maximum absolute atomic E-state index is 10.5. The predicted molar refractivity (Wildman–Crippen MR) is 65.9 cm³/mol. The van der Waals surface area contributed by atoms with Crippen LogP contribution in [0.4, 0.5) is 0 Å². The highest BCUT2D eigenvalue weighted by Gasteiger charge is 2.41. The number of nitrogens with one attached hydrogen (secondary N) is 1. The van der Waals surface area contributed by atoms with Crippen molar-refractivity contribution in [3.8, 4) is 0 Å². The molecule has 5 atom stereocenters. The van der Waals surface area contributed by atoms with E-state index < -0.39 is 5.60 Å². The van der Waals surface area contributed by atoms with Crippen molar-refractivity contribution in [1.82, 2.24) is 10.2 Å². The van der Waals surface area contributed by atoms with Crippen molar-refractivity contribution in [3.05, 3.63) is 0 Å². The van der Waals surface area contributed by atoms with E-state index >= 15 is 0 Å². The number of hydrogen-bond donors (Lipinski definition) is 2. The molecule has 0 aromatic rings. The van der Waals surface area contributed by atoms with Gasteiger partial charge in [0.2, 0.25) is 0 Å². The summed E-state index contributed by atoms with van der Waals surface area (Å²) in [6.07, 6.45) is 3.29. The molecule has 3 saturated heterocycles. The number of aliphatic hydroxyl groups is 1. The van der Waals surface area contributed by atoms with Gasteiger partial charge in [-0.2, -0.15) is 0 Å². The lowest BCUT2D eigenvalue weighted by Gasteiger charge is -2.34. The Kier molecular flexibility index (Phi) is 3.15. The van der Waals surface area contributed by atoms with Gasteiger partial charge in [-0.15, -0.1) is 0 Å². The maximum atomic E-state index is 10.5. The van der Waals surface area contributed by atoms with E-state index in [4.69, 9.17) is 4.74 Å². The predicted octanol–water partition coefficient (Wildman–Crippen LogP) is 0.210. The first-order valence-corrected chi connectivity index (χ1v) is 6.97. The molecular formula is C13H24N2O2. The van der Waals surface area contributed by atoms with Crippen LogP contribution in [-0.2, 0) is 4.74 Å². The molecule has 0 spiro atoms. The number of rotatable bonds is 3. The minimum absolute atomic E-state index is 0.0290. The third-order valence-electron chi connectivity index (χ3n) is 4.96. The second-order valence-electron chi connectivity index (χ2n) is 5.99. The second-order valence-corrected chi connectivity index (χ2v) is 5.99.